The van der Waals surface area contributed by atoms with Crippen molar-refractivity contribution in [3.8, 4) is 0 Å². The number of rotatable bonds is 4. The fourth-order valence-corrected chi connectivity index (χ4v) is 3.49. The third-order valence-corrected chi connectivity index (χ3v) is 4.82. The molecule has 0 radical (unpaired) electrons. The van der Waals surface area contributed by atoms with E-state index < -0.39 is 0 Å². The molecule has 0 aromatic heterocycles. The molecule has 0 saturated carbocycles. The van der Waals surface area contributed by atoms with Gasteiger partial charge in [0.25, 0.3) is 0 Å². The van der Waals surface area contributed by atoms with E-state index >= 15 is 0 Å². The lowest BCUT2D eigenvalue weighted by atomic mass is 10.2. The summed E-state index contributed by atoms with van der Waals surface area (Å²) in [5, 5.41) is 3.53. The molecule has 1 heterocycles. The first-order valence-corrected chi connectivity index (χ1v) is 9.32. The van der Waals surface area contributed by atoms with E-state index in [4.69, 9.17) is 0 Å². The lowest BCUT2D eigenvalue weighted by Gasteiger charge is -2.28. The quantitative estimate of drug-likeness (QED) is 0.702. The van der Waals surface area contributed by atoms with Crippen LogP contribution in [-0.4, -0.2) is 30.1 Å². The van der Waals surface area contributed by atoms with Gasteiger partial charge >= 0.3 is 6.03 Å². The van der Waals surface area contributed by atoms with Crippen LogP contribution in [0.15, 0.2) is 91.0 Å². The Morgan fingerprint density at radius 2 is 1.33 bits per heavy atom. The first-order valence-electron chi connectivity index (χ1n) is 9.32. The average Bonchev–Trinajstić information content (AvgIpc) is 3.19. The molecule has 4 rings (SSSR count). The van der Waals surface area contributed by atoms with Crippen LogP contribution >= 0.6 is 0 Å². The lowest BCUT2D eigenvalue weighted by molar-refractivity contribution is 0.218. The van der Waals surface area contributed by atoms with Crippen molar-refractivity contribution in [3.63, 3.8) is 0 Å². The third kappa shape index (κ3) is 3.95. The smallest absolute Gasteiger partial charge is 0.329 e. The third-order valence-electron chi connectivity index (χ3n) is 4.82. The fourth-order valence-electron chi connectivity index (χ4n) is 3.49. The monoisotopic (exact) mass is 357 g/mol. The van der Waals surface area contributed by atoms with Gasteiger partial charge in [0.05, 0.1) is 11.4 Å². The van der Waals surface area contributed by atoms with E-state index in [1.165, 1.54) is 0 Å². The van der Waals surface area contributed by atoms with Crippen molar-refractivity contribution >= 4 is 23.1 Å². The van der Waals surface area contributed by atoms with Gasteiger partial charge in [-0.25, -0.2) is 4.79 Å². The Balaban J connectivity index is 1.52. The second kappa shape index (κ2) is 7.96. The maximum Gasteiger partial charge on any atom is 0.329 e. The lowest BCUT2D eigenvalue weighted by Crippen LogP contribution is -2.40. The number of carbonyl (C=O) groups is 1. The van der Waals surface area contributed by atoms with Crippen LogP contribution < -0.4 is 10.2 Å². The van der Waals surface area contributed by atoms with Gasteiger partial charge < -0.3 is 10.2 Å². The highest BCUT2D eigenvalue weighted by atomic mass is 16.2. The highest BCUT2D eigenvalue weighted by molar-refractivity contribution is 5.99. The molecular weight excluding hydrogens is 334 g/mol. The van der Waals surface area contributed by atoms with E-state index in [1.807, 2.05) is 83.8 Å². The summed E-state index contributed by atoms with van der Waals surface area (Å²) in [5.41, 5.74) is 2.86. The minimum atomic E-state index is 0.0183. The van der Waals surface area contributed by atoms with Gasteiger partial charge in [-0.3, -0.25) is 4.90 Å². The van der Waals surface area contributed by atoms with Crippen LogP contribution in [0.5, 0.6) is 0 Å². The highest BCUT2D eigenvalue weighted by Gasteiger charge is 2.30. The van der Waals surface area contributed by atoms with Gasteiger partial charge in [0, 0.05) is 24.8 Å². The van der Waals surface area contributed by atoms with E-state index in [-0.39, 0.29) is 12.1 Å². The Morgan fingerprint density at radius 3 is 1.89 bits per heavy atom. The molecule has 1 aliphatic rings. The molecule has 1 atom stereocenters. The molecule has 4 nitrogen and oxygen atoms in total. The van der Waals surface area contributed by atoms with Gasteiger partial charge in [-0.05, 0) is 42.8 Å². The topological polar surface area (TPSA) is 35.6 Å². The predicted octanol–water partition coefficient (Wildman–Crippen LogP) is 5.13. The number of hydrogen-bond donors (Lipinski definition) is 1. The van der Waals surface area contributed by atoms with Crippen LogP contribution in [0.3, 0.4) is 0 Å². The van der Waals surface area contributed by atoms with E-state index in [9.17, 15) is 4.79 Å². The number of likely N-dealkylation sites (tertiary alicyclic amines) is 1. The summed E-state index contributed by atoms with van der Waals surface area (Å²) in [6.07, 6.45) is 0.943. The fraction of sp³-hybridized carbons (Fsp3) is 0.174. The minimum Gasteiger partial charge on any atom is -0.380 e. The molecule has 0 spiro atoms. The van der Waals surface area contributed by atoms with E-state index in [0.717, 1.165) is 30.0 Å². The Kier molecular flexibility index (Phi) is 5.06. The first-order chi connectivity index (χ1) is 13.3. The second-order valence-electron chi connectivity index (χ2n) is 6.73. The van der Waals surface area contributed by atoms with E-state index in [2.05, 4.69) is 17.4 Å². The van der Waals surface area contributed by atoms with Crippen molar-refractivity contribution in [2.24, 2.45) is 0 Å². The van der Waals surface area contributed by atoms with Crippen molar-refractivity contribution in [2.75, 3.05) is 23.3 Å². The van der Waals surface area contributed by atoms with Gasteiger partial charge in [0.2, 0.25) is 0 Å². The summed E-state index contributed by atoms with van der Waals surface area (Å²) < 4.78 is 0. The number of benzene rings is 3. The van der Waals surface area contributed by atoms with Gasteiger partial charge in [-0.1, -0.05) is 54.6 Å². The predicted molar refractivity (Wildman–Crippen MR) is 110 cm³/mol. The summed E-state index contributed by atoms with van der Waals surface area (Å²) >= 11 is 0. The van der Waals surface area contributed by atoms with Crippen LogP contribution in [0.25, 0.3) is 0 Å². The van der Waals surface area contributed by atoms with Crippen LogP contribution in [0, 0.1) is 0 Å². The Bertz CT molecular complexity index is 828. The summed E-state index contributed by atoms with van der Waals surface area (Å²) in [4.78, 5) is 17.1. The number of hydrogen-bond acceptors (Lipinski definition) is 2. The van der Waals surface area contributed by atoms with Gasteiger partial charge in [-0.2, -0.15) is 0 Å². The summed E-state index contributed by atoms with van der Waals surface area (Å²) in [6, 6.07) is 30.1. The number of urea groups is 1. The molecular formula is C23H23N3O. The average molecular weight is 357 g/mol. The molecule has 4 heteroatoms. The van der Waals surface area contributed by atoms with Crippen molar-refractivity contribution in [1.82, 2.24) is 4.90 Å². The van der Waals surface area contributed by atoms with E-state index in [1.54, 1.807) is 4.90 Å². The van der Waals surface area contributed by atoms with Crippen molar-refractivity contribution in [2.45, 2.75) is 12.5 Å². The molecule has 1 N–H and O–H groups in total. The molecule has 0 unspecified atom stereocenters. The van der Waals surface area contributed by atoms with Crippen LogP contribution in [0.2, 0.25) is 0 Å². The minimum absolute atomic E-state index is 0.0183. The van der Waals surface area contributed by atoms with Gasteiger partial charge in [0.1, 0.15) is 0 Å². The molecule has 27 heavy (non-hydrogen) atoms. The number of para-hydroxylation sites is 3. The Hall–Kier alpha value is -3.27. The van der Waals surface area contributed by atoms with E-state index in [0.29, 0.717) is 6.54 Å². The zero-order chi connectivity index (χ0) is 18.5. The standard InChI is InChI=1S/C23H23N3O/c27-23(25-17-16-20(18-25)24-19-10-4-1-5-11-19)26(21-12-6-2-7-13-21)22-14-8-3-9-15-22/h1-15,20,24H,16-18H2/t20-/m1/s1. The molecule has 1 saturated heterocycles. The maximum absolute atomic E-state index is 13.4. The number of nitrogens with zero attached hydrogens (tertiary/aromatic N) is 2. The SMILES string of the molecule is O=C(N1CC[C@@H](Nc2ccccc2)C1)N(c1ccccc1)c1ccccc1. The zero-order valence-electron chi connectivity index (χ0n) is 15.2. The molecule has 136 valence electrons. The Labute approximate surface area is 160 Å². The molecule has 3 aromatic rings. The maximum atomic E-state index is 13.4. The molecule has 3 aromatic carbocycles. The first kappa shape index (κ1) is 17.2. The van der Waals surface area contributed by atoms with Crippen molar-refractivity contribution < 1.29 is 4.79 Å². The van der Waals surface area contributed by atoms with Crippen molar-refractivity contribution in [1.29, 1.82) is 0 Å². The number of amides is 2. The molecule has 0 aliphatic carbocycles. The summed E-state index contributed by atoms with van der Waals surface area (Å²) in [5.74, 6) is 0. The number of nitrogens with one attached hydrogen (secondary N) is 1. The summed E-state index contributed by atoms with van der Waals surface area (Å²) in [6.45, 7) is 1.45. The van der Waals surface area contributed by atoms with Gasteiger partial charge in [0.15, 0.2) is 0 Å². The van der Waals surface area contributed by atoms with Crippen molar-refractivity contribution in [3.05, 3.63) is 91.0 Å². The van der Waals surface area contributed by atoms with Crippen LogP contribution in [0.4, 0.5) is 21.9 Å². The Morgan fingerprint density at radius 1 is 0.815 bits per heavy atom. The molecule has 1 fully saturated rings. The zero-order valence-corrected chi connectivity index (χ0v) is 15.2. The molecule has 2 amide bonds. The normalized spacial score (nSPS) is 16.1. The molecule has 1 aliphatic heterocycles. The second-order valence-corrected chi connectivity index (χ2v) is 6.73. The number of carbonyl (C=O) groups excluding carboxylic acids is 1. The van der Waals surface area contributed by atoms with Crippen LogP contribution in [0.1, 0.15) is 6.42 Å². The van der Waals surface area contributed by atoms with Crippen LogP contribution in [-0.2, 0) is 0 Å². The van der Waals surface area contributed by atoms with Gasteiger partial charge in [-0.15, -0.1) is 0 Å². The highest BCUT2D eigenvalue weighted by Crippen LogP contribution is 2.28. The molecule has 0 bridgehead atoms. The number of anilines is 3. The summed E-state index contributed by atoms with van der Waals surface area (Å²) in [7, 11) is 0. The largest absolute Gasteiger partial charge is 0.380 e.